The van der Waals surface area contributed by atoms with Crippen molar-refractivity contribution in [3.63, 3.8) is 0 Å². The first-order chi connectivity index (χ1) is 16.2. The summed E-state index contributed by atoms with van der Waals surface area (Å²) in [7, 11) is 0. The second-order valence-electron chi connectivity index (χ2n) is 9.28. The monoisotopic (exact) mass is 444 g/mol. The third kappa shape index (κ3) is 7.86. The number of hydrogen-bond donors (Lipinski definition) is 0. The van der Waals surface area contributed by atoms with Gasteiger partial charge in [-0.15, -0.1) is 0 Å². The molecule has 5 heteroatoms. The molecule has 1 aliphatic rings. The normalized spacial score (nSPS) is 17.8. The molecule has 0 unspecified atom stereocenters. The van der Waals surface area contributed by atoms with Gasteiger partial charge in [0, 0.05) is 18.3 Å². The predicted octanol–water partition coefficient (Wildman–Crippen LogP) is 6.87. The Morgan fingerprint density at radius 2 is 1.55 bits per heavy atom. The number of aryl methyl sites for hydroxylation is 1. The van der Waals surface area contributed by atoms with Crippen molar-refractivity contribution in [2.75, 3.05) is 6.61 Å². The fourth-order valence-electron chi connectivity index (χ4n) is 4.60. The van der Waals surface area contributed by atoms with E-state index in [1.54, 1.807) is 18.2 Å². The highest BCUT2D eigenvalue weighted by Gasteiger charge is 2.24. The summed E-state index contributed by atoms with van der Waals surface area (Å²) >= 11 is 0. The highest BCUT2D eigenvalue weighted by Crippen LogP contribution is 2.34. The van der Waals surface area contributed by atoms with Gasteiger partial charge in [0.05, 0.1) is 17.7 Å². The van der Waals surface area contributed by atoms with Crippen molar-refractivity contribution in [1.82, 2.24) is 9.97 Å². The molecule has 0 radical (unpaired) electrons. The minimum absolute atomic E-state index is 0.367. The Labute approximate surface area is 198 Å². The zero-order valence-electron chi connectivity index (χ0n) is 19.9. The SMILES string of the molecule is CCCCCCCCCc1cnc(C2CCC(COc3ccc(C#N)c(C#N)c3)CC2)nc1. The summed E-state index contributed by atoms with van der Waals surface area (Å²) in [6.07, 6.45) is 18.8. The molecule has 1 aromatic heterocycles. The summed E-state index contributed by atoms with van der Waals surface area (Å²) in [5, 5.41) is 18.2. The molecule has 2 aromatic rings. The maximum absolute atomic E-state index is 9.17. The molecule has 3 rings (SSSR count). The zero-order chi connectivity index (χ0) is 23.3. The van der Waals surface area contributed by atoms with Crippen LogP contribution in [-0.2, 0) is 6.42 Å². The Morgan fingerprint density at radius 3 is 2.21 bits per heavy atom. The molecule has 0 N–H and O–H groups in total. The molecule has 5 nitrogen and oxygen atoms in total. The smallest absolute Gasteiger partial charge is 0.131 e. The van der Waals surface area contributed by atoms with Crippen molar-refractivity contribution in [2.45, 2.75) is 89.9 Å². The summed E-state index contributed by atoms with van der Waals surface area (Å²) < 4.78 is 5.93. The third-order valence-electron chi connectivity index (χ3n) is 6.72. The fourth-order valence-corrected chi connectivity index (χ4v) is 4.60. The van der Waals surface area contributed by atoms with Gasteiger partial charge in [0.15, 0.2) is 0 Å². The van der Waals surface area contributed by atoms with Gasteiger partial charge in [0.2, 0.25) is 0 Å². The van der Waals surface area contributed by atoms with Gasteiger partial charge < -0.3 is 4.74 Å². The van der Waals surface area contributed by atoms with Crippen LogP contribution in [0.1, 0.15) is 106 Å². The average molecular weight is 445 g/mol. The summed E-state index contributed by atoms with van der Waals surface area (Å²) in [5.41, 5.74) is 2.01. The van der Waals surface area contributed by atoms with E-state index in [-0.39, 0.29) is 0 Å². The third-order valence-corrected chi connectivity index (χ3v) is 6.72. The number of nitrogens with zero attached hydrogens (tertiary/aromatic N) is 4. The Balaban J connectivity index is 1.36. The molecular weight excluding hydrogens is 408 g/mol. The van der Waals surface area contributed by atoms with Gasteiger partial charge in [-0.3, -0.25) is 0 Å². The van der Waals surface area contributed by atoms with E-state index in [0.717, 1.165) is 37.9 Å². The Morgan fingerprint density at radius 1 is 0.879 bits per heavy atom. The van der Waals surface area contributed by atoms with Gasteiger partial charge in [-0.1, -0.05) is 45.4 Å². The van der Waals surface area contributed by atoms with Crippen molar-refractivity contribution in [3.8, 4) is 17.9 Å². The molecule has 174 valence electrons. The maximum atomic E-state index is 9.17. The molecule has 1 aliphatic carbocycles. The quantitative estimate of drug-likeness (QED) is 0.334. The van der Waals surface area contributed by atoms with Crippen LogP contribution in [0.2, 0.25) is 0 Å². The first-order valence-electron chi connectivity index (χ1n) is 12.6. The van der Waals surface area contributed by atoms with Crippen molar-refractivity contribution in [1.29, 1.82) is 10.5 Å². The van der Waals surface area contributed by atoms with Crippen LogP contribution >= 0.6 is 0 Å². The van der Waals surface area contributed by atoms with Crippen LogP contribution in [0.5, 0.6) is 5.75 Å². The van der Waals surface area contributed by atoms with Crippen LogP contribution in [0.3, 0.4) is 0 Å². The van der Waals surface area contributed by atoms with Crippen LogP contribution in [-0.4, -0.2) is 16.6 Å². The standard InChI is InChI=1S/C28H36N4O/c1-2-3-4-5-6-7-8-9-23-19-31-28(32-20-23)24-12-10-22(11-13-24)21-33-27-15-14-25(17-29)26(16-27)18-30/h14-16,19-20,22,24H,2-13,21H2,1H3. The van der Waals surface area contributed by atoms with E-state index in [9.17, 15) is 0 Å². The number of rotatable bonds is 12. The number of unbranched alkanes of at least 4 members (excludes halogenated alkanes) is 6. The van der Waals surface area contributed by atoms with Crippen LogP contribution in [0.4, 0.5) is 0 Å². The van der Waals surface area contributed by atoms with E-state index < -0.39 is 0 Å². The van der Waals surface area contributed by atoms with Crippen molar-refractivity contribution < 1.29 is 4.74 Å². The molecule has 1 aromatic carbocycles. The predicted molar refractivity (Wildman–Crippen MR) is 130 cm³/mol. The highest BCUT2D eigenvalue weighted by atomic mass is 16.5. The molecule has 0 spiro atoms. The number of nitriles is 2. The summed E-state index contributed by atoms with van der Waals surface area (Å²) in [4.78, 5) is 9.39. The number of hydrogen-bond acceptors (Lipinski definition) is 5. The Kier molecular flexibility index (Phi) is 10.2. The van der Waals surface area contributed by atoms with E-state index in [1.807, 2.05) is 18.5 Å². The number of benzene rings is 1. The summed E-state index contributed by atoms with van der Waals surface area (Å²) in [5.74, 6) is 2.59. The maximum Gasteiger partial charge on any atom is 0.131 e. The molecule has 1 heterocycles. The van der Waals surface area contributed by atoms with Gasteiger partial charge in [-0.05, 0) is 68.2 Å². The van der Waals surface area contributed by atoms with Crippen LogP contribution in [0, 0.1) is 28.6 Å². The first kappa shape index (κ1) is 24.7. The van der Waals surface area contributed by atoms with E-state index in [1.165, 1.54) is 50.5 Å². The van der Waals surface area contributed by atoms with E-state index in [2.05, 4.69) is 13.0 Å². The number of aromatic nitrogens is 2. The molecule has 0 saturated heterocycles. The lowest BCUT2D eigenvalue weighted by molar-refractivity contribution is 0.198. The molecule has 1 fully saturated rings. The van der Waals surface area contributed by atoms with Gasteiger partial charge in [0.25, 0.3) is 0 Å². The van der Waals surface area contributed by atoms with Crippen LogP contribution in [0.15, 0.2) is 30.6 Å². The first-order valence-corrected chi connectivity index (χ1v) is 12.6. The highest BCUT2D eigenvalue weighted by molar-refractivity contribution is 5.49. The summed E-state index contributed by atoms with van der Waals surface area (Å²) in [6.45, 7) is 2.90. The lowest BCUT2D eigenvalue weighted by Gasteiger charge is -2.27. The number of ether oxygens (including phenoxy) is 1. The van der Waals surface area contributed by atoms with Crippen LogP contribution in [0.25, 0.3) is 0 Å². The van der Waals surface area contributed by atoms with Crippen molar-refractivity contribution in [3.05, 3.63) is 53.1 Å². The molecule has 0 amide bonds. The van der Waals surface area contributed by atoms with E-state index >= 15 is 0 Å². The largest absolute Gasteiger partial charge is 0.493 e. The second kappa shape index (κ2) is 13.6. The second-order valence-corrected chi connectivity index (χ2v) is 9.28. The minimum atomic E-state index is 0.367. The molecule has 0 atom stereocenters. The average Bonchev–Trinajstić information content (AvgIpc) is 2.87. The topological polar surface area (TPSA) is 82.6 Å². The van der Waals surface area contributed by atoms with Gasteiger partial charge in [-0.25, -0.2) is 9.97 Å². The molecule has 33 heavy (non-hydrogen) atoms. The lowest BCUT2D eigenvalue weighted by Crippen LogP contribution is -2.20. The Hall–Kier alpha value is -2.92. The summed E-state index contributed by atoms with van der Waals surface area (Å²) in [6, 6.07) is 9.18. The minimum Gasteiger partial charge on any atom is -0.493 e. The fraction of sp³-hybridized carbons (Fsp3) is 0.571. The van der Waals surface area contributed by atoms with E-state index in [4.69, 9.17) is 25.2 Å². The zero-order valence-corrected chi connectivity index (χ0v) is 19.9. The Bertz CT molecular complexity index is 934. The van der Waals surface area contributed by atoms with E-state index in [0.29, 0.717) is 35.3 Å². The van der Waals surface area contributed by atoms with Gasteiger partial charge >= 0.3 is 0 Å². The molecule has 0 bridgehead atoms. The van der Waals surface area contributed by atoms with Crippen molar-refractivity contribution >= 4 is 0 Å². The molecular formula is C28H36N4O. The van der Waals surface area contributed by atoms with Gasteiger partial charge in [0.1, 0.15) is 23.7 Å². The van der Waals surface area contributed by atoms with Crippen LogP contribution < -0.4 is 4.74 Å². The molecule has 0 aliphatic heterocycles. The van der Waals surface area contributed by atoms with Crippen molar-refractivity contribution in [2.24, 2.45) is 5.92 Å². The van der Waals surface area contributed by atoms with Gasteiger partial charge in [-0.2, -0.15) is 10.5 Å². The molecule has 1 saturated carbocycles. The lowest BCUT2D eigenvalue weighted by atomic mass is 9.82.